The molecule has 0 N–H and O–H groups in total. The van der Waals surface area contributed by atoms with E-state index in [-0.39, 0.29) is 10.6 Å². The van der Waals surface area contributed by atoms with Gasteiger partial charge in [-0.1, -0.05) is 43.3 Å². The zero-order valence-electron chi connectivity index (χ0n) is 12.7. The Morgan fingerprint density at radius 3 is 2.59 bits per heavy atom. The lowest BCUT2D eigenvalue weighted by Gasteiger charge is -2.12. The van der Waals surface area contributed by atoms with E-state index in [0.717, 1.165) is 28.3 Å². The first-order valence-electron chi connectivity index (χ1n) is 7.22. The van der Waals surface area contributed by atoms with Gasteiger partial charge in [-0.25, -0.2) is 8.42 Å². The fourth-order valence-corrected chi connectivity index (χ4v) is 4.12. The number of sulfone groups is 1. The first kappa shape index (κ1) is 14.8. The molecule has 2 aromatic carbocycles. The zero-order chi connectivity index (χ0) is 15.7. The maximum atomic E-state index is 12.7. The van der Waals surface area contributed by atoms with Crippen molar-refractivity contribution in [1.29, 1.82) is 0 Å². The van der Waals surface area contributed by atoms with E-state index < -0.39 is 9.84 Å². The lowest BCUT2D eigenvalue weighted by molar-refractivity contribution is 0.595. The van der Waals surface area contributed by atoms with Crippen LogP contribution in [0, 0.1) is 0 Å². The van der Waals surface area contributed by atoms with Crippen LogP contribution in [0.4, 0.5) is 0 Å². The molecule has 0 spiro atoms. The molecule has 0 aliphatic heterocycles. The van der Waals surface area contributed by atoms with Crippen molar-refractivity contribution in [3.63, 3.8) is 0 Å². The molecule has 0 atom stereocenters. The minimum Gasteiger partial charge on any atom is -0.274 e. The van der Waals surface area contributed by atoms with Crippen molar-refractivity contribution >= 4 is 20.6 Å². The number of rotatable bonds is 4. The van der Waals surface area contributed by atoms with E-state index >= 15 is 0 Å². The molecule has 0 saturated heterocycles. The summed E-state index contributed by atoms with van der Waals surface area (Å²) in [4.78, 5) is 0.269. The molecule has 0 amide bonds. The van der Waals surface area contributed by atoms with Gasteiger partial charge >= 0.3 is 0 Å². The van der Waals surface area contributed by atoms with Crippen molar-refractivity contribution in [2.45, 2.75) is 24.0 Å². The summed E-state index contributed by atoms with van der Waals surface area (Å²) in [6.07, 6.45) is 3.76. The standard InChI is InChI=1S/C17H18N2O2S/c1-3-13-8-9-14-6-4-5-7-16(14)17(13)12-22(20,21)15-10-18-19(2)11-15/h4-11H,3,12H2,1-2H3. The van der Waals surface area contributed by atoms with Crippen molar-refractivity contribution in [3.05, 3.63) is 59.9 Å². The van der Waals surface area contributed by atoms with Crippen molar-refractivity contribution < 1.29 is 8.42 Å². The highest BCUT2D eigenvalue weighted by Crippen LogP contribution is 2.27. The Morgan fingerprint density at radius 2 is 1.91 bits per heavy atom. The van der Waals surface area contributed by atoms with Gasteiger partial charge in [-0.15, -0.1) is 0 Å². The molecule has 22 heavy (non-hydrogen) atoms. The van der Waals surface area contributed by atoms with Crippen LogP contribution in [0.1, 0.15) is 18.1 Å². The van der Waals surface area contributed by atoms with Crippen LogP contribution in [0.5, 0.6) is 0 Å². The Balaban J connectivity index is 2.13. The first-order chi connectivity index (χ1) is 10.5. The summed E-state index contributed by atoms with van der Waals surface area (Å²) in [6, 6.07) is 12.0. The molecule has 1 heterocycles. The van der Waals surface area contributed by atoms with Crippen LogP contribution in [0.25, 0.3) is 10.8 Å². The number of aryl methyl sites for hydroxylation is 2. The topological polar surface area (TPSA) is 52.0 Å². The van der Waals surface area contributed by atoms with Gasteiger partial charge in [-0.05, 0) is 28.3 Å². The maximum Gasteiger partial charge on any atom is 0.185 e. The summed E-state index contributed by atoms with van der Waals surface area (Å²) in [7, 11) is -1.68. The summed E-state index contributed by atoms with van der Waals surface area (Å²) in [5.74, 6) is 0.00319. The molecule has 0 unspecified atom stereocenters. The Morgan fingerprint density at radius 1 is 1.14 bits per heavy atom. The maximum absolute atomic E-state index is 12.7. The second-order valence-electron chi connectivity index (χ2n) is 5.39. The van der Waals surface area contributed by atoms with E-state index in [1.807, 2.05) is 43.3 Å². The number of hydrogen-bond acceptors (Lipinski definition) is 3. The minimum absolute atomic E-state index is 0.00319. The largest absolute Gasteiger partial charge is 0.274 e. The SMILES string of the molecule is CCc1ccc2ccccc2c1CS(=O)(=O)c1cnn(C)c1. The van der Waals surface area contributed by atoms with Crippen LogP contribution in [-0.2, 0) is 29.1 Å². The number of aromatic nitrogens is 2. The highest BCUT2D eigenvalue weighted by Gasteiger charge is 2.20. The average Bonchev–Trinajstić information content (AvgIpc) is 2.95. The quantitative estimate of drug-likeness (QED) is 0.743. The van der Waals surface area contributed by atoms with Crippen LogP contribution in [0.15, 0.2) is 53.7 Å². The van der Waals surface area contributed by atoms with Gasteiger partial charge in [0.25, 0.3) is 0 Å². The molecular formula is C17H18N2O2S. The Kier molecular flexibility index (Phi) is 3.74. The fourth-order valence-electron chi connectivity index (χ4n) is 2.72. The predicted octanol–water partition coefficient (Wildman–Crippen LogP) is 3.11. The highest BCUT2D eigenvalue weighted by molar-refractivity contribution is 7.90. The average molecular weight is 314 g/mol. The molecule has 0 aliphatic carbocycles. The summed E-state index contributed by atoms with van der Waals surface area (Å²) in [5, 5.41) is 6.04. The molecular weight excluding hydrogens is 296 g/mol. The van der Waals surface area contributed by atoms with E-state index in [9.17, 15) is 8.42 Å². The van der Waals surface area contributed by atoms with E-state index in [1.54, 1.807) is 13.2 Å². The van der Waals surface area contributed by atoms with Crippen molar-refractivity contribution in [1.82, 2.24) is 9.78 Å². The van der Waals surface area contributed by atoms with Gasteiger partial charge in [-0.2, -0.15) is 5.10 Å². The van der Waals surface area contributed by atoms with Gasteiger partial charge in [-0.3, -0.25) is 4.68 Å². The molecule has 114 valence electrons. The van der Waals surface area contributed by atoms with Crippen LogP contribution in [0.2, 0.25) is 0 Å². The summed E-state index contributed by atoms with van der Waals surface area (Å²) >= 11 is 0. The van der Waals surface area contributed by atoms with Crippen LogP contribution in [-0.4, -0.2) is 18.2 Å². The summed E-state index contributed by atoms with van der Waals surface area (Å²) in [5.41, 5.74) is 1.97. The van der Waals surface area contributed by atoms with Gasteiger partial charge in [0.2, 0.25) is 0 Å². The normalized spacial score (nSPS) is 11.9. The minimum atomic E-state index is -3.40. The van der Waals surface area contributed by atoms with Gasteiger partial charge < -0.3 is 0 Å². The lowest BCUT2D eigenvalue weighted by Crippen LogP contribution is -2.07. The van der Waals surface area contributed by atoms with Gasteiger partial charge in [0.05, 0.1) is 11.9 Å². The predicted molar refractivity (Wildman–Crippen MR) is 87.4 cm³/mol. The molecule has 0 saturated carbocycles. The lowest BCUT2D eigenvalue weighted by atomic mass is 9.99. The van der Waals surface area contributed by atoms with Crippen molar-refractivity contribution in [3.8, 4) is 0 Å². The smallest absolute Gasteiger partial charge is 0.185 e. The third kappa shape index (κ3) is 2.64. The highest BCUT2D eigenvalue weighted by atomic mass is 32.2. The summed E-state index contributed by atoms with van der Waals surface area (Å²) in [6.45, 7) is 2.05. The van der Waals surface area contributed by atoms with Crippen LogP contribution < -0.4 is 0 Å². The fraction of sp³-hybridized carbons (Fsp3) is 0.235. The molecule has 0 radical (unpaired) electrons. The van der Waals surface area contributed by atoms with Gasteiger partial charge in [0.1, 0.15) is 4.90 Å². The number of nitrogens with zero attached hydrogens (tertiary/aromatic N) is 2. The second kappa shape index (κ2) is 5.57. The molecule has 3 rings (SSSR count). The first-order valence-corrected chi connectivity index (χ1v) is 8.87. The monoisotopic (exact) mass is 314 g/mol. The number of benzene rings is 2. The Labute approximate surface area is 130 Å². The van der Waals surface area contributed by atoms with Gasteiger partial charge in [0.15, 0.2) is 9.84 Å². The molecule has 0 bridgehead atoms. The Bertz CT molecular complexity index is 927. The number of fused-ring (bicyclic) bond motifs is 1. The third-order valence-corrected chi connectivity index (χ3v) is 5.49. The molecule has 4 nitrogen and oxygen atoms in total. The second-order valence-corrected chi connectivity index (χ2v) is 7.38. The molecule has 3 aromatic rings. The summed E-state index contributed by atoms with van der Waals surface area (Å²) < 4.78 is 26.9. The molecule has 5 heteroatoms. The van der Waals surface area contributed by atoms with E-state index in [1.165, 1.54) is 10.9 Å². The van der Waals surface area contributed by atoms with Crippen molar-refractivity contribution in [2.24, 2.45) is 7.05 Å². The molecule has 1 aromatic heterocycles. The Hall–Kier alpha value is -2.14. The van der Waals surface area contributed by atoms with E-state index in [2.05, 4.69) is 5.10 Å². The van der Waals surface area contributed by atoms with E-state index in [0.29, 0.717) is 0 Å². The molecule has 0 fully saturated rings. The van der Waals surface area contributed by atoms with Crippen LogP contribution >= 0.6 is 0 Å². The van der Waals surface area contributed by atoms with Gasteiger partial charge in [0, 0.05) is 13.2 Å². The zero-order valence-corrected chi connectivity index (χ0v) is 13.5. The third-order valence-electron chi connectivity index (χ3n) is 3.89. The van der Waals surface area contributed by atoms with E-state index in [4.69, 9.17) is 0 Å². The molecule has 0 aliphatic rings. The van der Waals surface area contributed by atoms with Crippen LogP contribution in [0.3, 0.4) is 0 Å². The number of hydrogen-bond donors (Lipinski definition) is 0. The van der Waals surface area contributed by atoms with Crippen molar-refractivity contribution in [2.75, 3.05) is 0 Å².